The first-order valence-corrected chi connectivity index (χ1v) is 9.69. The minimum atomic E-state index is -0.0701. The Kier molecular flexibility index (Phi) is 6.29. The topological polar surface area (TPSA) is 59.6 Å². The molecule has 1 amide bonds. The van der Waals surface area contributed by atoms with Gasteiger partial charge in [-0.2, -0.15) is 0 Å². The van der Waals surface area contributed by atoms with Gasteiger partial charge in [-0.25, -0.2) is 0 Å². The summed E-state index contributed by atoms with van der Waals surface area (Å²) in [5, 5.41) is 1.75. The number of nitrogens with zero attached hydrogens (tertiary/aromatic N) is 3. The Labute approximate surface area is 160 Å². The number of aromatic amines is 1. The fourth-order valence-corrected chi connectivity index (χ4v) is 3.75. The molecule has 0 radical (unpaired) electrons. The van der Waals surface area contributed by atoms with Crippen LogP contribution in [0.1, 0.15) is 24.1 Å². The molecule has 1 aliphatic rings. The molecule has 0 unspecified atom stereocenters. The van der Waals surface area contributed by atoms with Gasteiger partial charge in [0, 0.05) is 30.6 Å². The smallest absolute Gasteiger partial charge is 0.256 e. The first-order valence-electron chi connectivity index (χ1n) is 9.69. The van der Waals surface area contributed by atoms with E-state index in [0.29, 0.717) is 19.5 Å². The van der Waals surface area contributed by atoms with Crippen molar-refractivity contribution in [3.8, 4) is 0 Å². The summed E-state index contributed by atoms with van der Waals surface area (Å²) in [5.41, 5.74) is 1.99. The van der Waals surface area contributed by atoms with E-state index in [1.807, 2.05) is 29.2 Å². The molecule has 0 fully saturated rings. The molecular formula is C21H30N4O2. The van der Waals surface area contributed by atoms with Gasteiger partial charge >= 0.3 is 0 Å². The van der Waals surface area contributed by atoms with Crippen molar-refractivity contribution >= 4 is 16.7 Å². The standard InChI is InChI=1S/C21H30N4O2/c1-23(2)11-6-12-24(3)13-10-20(26)25-14-9-17-16-7-4-5-8-18(16)21(27)22-19(17)15-25/h4-5,7-8H,6,9-15H2,1-3H3,(H,22,27). The lowest BCUT2D eigenvalue weighted by Crippen LogP contribution is -2.39. The number of pyridine rings is 1. The fourth-order valence-electron chi connectivity index (χ4n) is 3.75. The van der Waals surface area contributed by atoms with Crippen LogP contribution in [0.25, 0.3) is 10.8 Å². The van der Waals surface area contributed by atoms with Crippen LogP contribution in [0, 0.1) is 0 Å². The van der Waals surface area contributed by atoms with Gasteiger partial charge in [-0.05, 0) is 64.1 Å². The average Bonchev–Trinajstić information content (AvgIpc) is 2.65. The van der Waals surface area contributed by atoms with Crippen molar-refractivity contribution in [1.82, 2.24) is 19.7 Å². The molecule has 0 saturated carbocycles. The number of amides is 1. The Bertz CT molecular complexity index is 859. The molecule has 1 aromatic carbocycles. The van der Waals surface area contributed by atoms with Crippen molar-refractivity contribution in [3.05, 3.63) is 45.9 Å². The van der Waals surface area contributed by atoms with Crippen molar-refractivity contribution in [2.75, 3.05) is 47.3 Å². The molecule has 0 atom stereocenters. The second-order valence-corrected chi connectivity index (χ2v) is 7.73. The second-order valence-electron chi connectivity index (χ2n) is 7.73. The molecular weight excluding hydrogens is 340 g/mol. The Morgan fingerprint density at radius 2 is 1.85 bits per heavy atom. The van der Waals surface area contributed by atoms with Crippen LogP contribution in [0.5, 0.6) is 0 Å². The number of benzene rings is 1. The molecule has 0 spiro atoms. The van der Waals surface area contributed by atoms with Crippen molar-refractivity contribution in [2.45, 2.75) is 25.8 Å². The summed E-state index contributed by atoms with van der Waals surface area (Å²) in [6.07, 6.45) is 2.41. The zero-order valence-electron chi connectivity index (χ0n) is 16.6. The van der Waals surface area contributed by atoms with E-state index < -0.39 is 0 Å². The van der Waals surface area contributed by atoms with Gasteiger partial charge in [0.1, 0.15) is 0 Å². The van der Waals surface area contributed by atoms with Gasteiger partial charge in [0.25, 0.3) is 5.56 Å². The highest BCUT2D eigenvalue weighted by Gasteiger charge is 2.23. The third-order valence-corrected chi connectivity index (χ3v) is 5.31. The van der Waals surface area contributed by atoms with Gasteiger partial charge < -0.3 is 19.7 Å². The number of carbonyl (C=O) groups excluding carboxylic acids is 1. The second kappa shape index (κ2) is 8.67. The number of H-pyrrole nitrogens is 1. The minimum Gasteiger partial charge on any atom is -0.336 e. The first kappa shape index (κ1) is 19.6. The number of hydrogen-bond acceptors (Lipinski definition) is 4. The van der Waals surface area contributed by atoms with Gasteiger partial charge in [0.15, 0.2) is 0 Å². The van der Waals surface area contributed by atoms with Crippen LogP contribution in [0.2, 0.25) is 0 Å². The number of carbonyl (C=O) groups is 1. The summed E-state index contributed by atoms with van der Waals surface area (Å²) in [7, 11) is 6.22. The summed E-state index contributed by atoms with van der Waals surface area (Å²) < 4.78 is 0. The molecule has 27 heavy (non-hydrogen) atoms. The van der Waals surface area contributed by atoms with Crippen molar-refractivity contribution in [1.29, 1.82) is 0 Å². The molecule has 2 heterocycles. The summed E-state index contributed by atoms with van der Waals surface area (Å²) in [6, 6.07) is 7.71. The van der Waals surface area contributed by atoms with E-state index in [2.05, 4.69) is 35.9 Å². The Balaban J connectivity index is 1.59. The lowest BCUT2D eigenvalue weighted by molar-refractivity contribution is -0.132. The monoisotopic (exact) mass is 370 g/mol. The summed E-state index contributed by atoms with van der Waals surface area (Å²) in [5.74, 6) is 0.161. The number of hydrogen-bond donors (Lipinski definition) is 1. The highest BCUT2D eigenvalue weighted by molar-refractivity contribution is 5.86. The third-order valence-electron chi connectivity index (χ3n) is 5.31. The molecule has 2 aromatic rings. The zero-order valence-corrected chi connectivity index (χ0v) is 16.6. The highest BCUT2D eigenvalue weighted by atomic mass is 16.2. The molecule has 3 rings (SSSR count). The van der Waals surface area contributed by atoms with E-state index in [1.165, 1.54) is 5.56 Å². The summed E-state index contributed by atoms with van der Waals surface area (Å²) in [4.78, 5) is 34.2. The van der Waals surface area contributed by atoms with Gasteiger partial charge in [0.2, 0.25) is 5.91 Å². The molecule has 6 heteroatoms. The van der Waals surface area contributed by atoms with E-state index in [1.54, 1.807) is 0 Å². The van der Waals surface area contributed by atoms with E-state index in [4.69, 9.17) is 0 Å². The van der Waals surface area contributed by atoms with E-state index in [-0.39, 0.29) is 11.5 Å². The molecule has 0 saturated heterocycles. The minimum absolute atomic E-state index is 0.0701. The van der Waals surface area contributed by atoms with E-state index in [0.717, 1.165) is 48.9 Å². The Morgan fingerprint density at radius 1 is 1.11 bits per heavy atom. The predicted molar refractivity (Wildman–Crippen MR) is 109 cm³/mol. The first-order chi connectivity index (χ1) is 13.0. The van der Waals surface area contributed by atoms with Gasteiger partial charge in [-0.15, -0.1) is 0 Å². The SMILES string of the molecule is CN(C)CCCN(C)CCC(=O)N1CCc2c([nH]c(=O)c3ccccc23)C1. The number of aromatic nitrogens is 1. The molecule has 1 aliphatic heterocycles. The molecule has 1 aromatic heterocycles. The maximum absolute atomic E-state index is 12.6. The molecule has 1 N–H and O–H groups in total. The van der Waals surface area contributed by atoms with Crippen LogP contribution in [0.15, 0.2) is 29.1 Å². The quantitative estimate of drug-likeness (QED) is 0.806. The van der Waals surface area contributed by atoms with Crippen LogP contribution >= 0.6 is 0 Å². The van der Waals surface area contributed by atoms with E-state index >= 15 is 0 Å². The van der Waals surface area contributed by atoms with Gasteiger partial charge in [0.05, 0.1) is 6.54 Å². The van der Waals surface area contributed by atoms with Crippen LogP contribution in [-0.4, -0.2) is 72.9 Å². The van der Waals surface area contributed by atoms with Crippen LogP contribution in [0.4, 0.5) is 0 Å². The Morgan fingerprint density at radius 3 is 2.59 bits per heavy atom. The summed E-state index contributed by atoms with van der Waals surface area (Å²) >= 11 is 0. The van der Waals surface area contributed by atoms with Crippen molar-refractivity contribution in [3.63, 3.8) is 0 Å². The van der Waals surface area contributed by atoms with Crippen molar-refractivity contribution in [2.24, 2.45) is 0 Å². The molecule has 6 nitrogen and oxygen atoms in total. The lowest BCUT2D eigenvalue weighted by Gasteiger charge is -2.30. The van der Waals surface area contributed by atoms with E-state index in [9.17, 15) is 9.59 Å². The number of fused-ring (bicyclic) bond motifs is 3. The summed E-state index contributed by atoms with van der Waals surface area (Å²) in [6.45, 7) is 4.03. The Hall–Kier alpha value is -2.18. The third kappa shape index (κ3) is 4.76. The lowest BCUT2D eigenvalue weighted by atomic mass is 9.98. The van der Waals surface area contributed by atoms with Gasteiger partial charge in [-0.3, -0.25) is 9.59 Å². The molecule has 146 valence electrons. The van der Waals surface area contributed by atoms with Gasteiger partial charge in [-0.1, -0.05) is 18.2 Å². The molecule has 0 aliphatic carbocycles. The average molecular weight is 370 g/mol. The van der Waals surface area contributed by atoms with Crippen LogP contribution < -0.4 is 5.56 Å². The fraction of sp³-hybridized carbons (Fsp3) is 0.524. The van der Waals surface area contributed by atoms with Crippen LogP contribution in [0.3, 0.4) is 0 Å². The zero-order chi connectivity index (χ0) is 19.4. The number of nitrogens with one attached hydrogen (secondary N) is 1. The maximum Gasteiger partial charge on any atom is 0.256 e. The predicted octanol–water partition coefficient (Wildman–Crippen LogP) is 1.69. The maximum atomic E-state index is 12.6. The van der Waals surface area contributed by atoms with Crippen molar-refractivity contribution < 1.29 is 4.79 Å². The molecule has 0 bridgehead atoms. The normalized spacial score (nSPS) is 14.2. The highest BCUT2D eigenvalue weighted by Crippen LogP contribution is 2.24. The number of rotatable bonds is 7. The van der Waals surface area contributed by atoms with Crippen LogP contribution in [-0.2, 0) is 17.8 Å². The largest absolute Gasteiger partial charge is 0.336 e.